The Balaban J connectivity index is 1.54. The van der Waals surface area contributed by atoms with E-state index in [1.54, 1.807) is 24.1 Å². The van der Waals surface area contributed by atoms with Gasteiger partial charge in [-0.05, 0) is 31.1 Å². The number of amides is 3. The molecule has 1 atom stereocenters. The van der Waals surface area contributed by atoms with Crippen molar-refractivity contribution >= 4 is 11.9 Å². The van der Waals surface area contributed by atoms with Crippen molar-refractivity contribution in [3.63, 3.8) is 0 Å². The van der Waals surface area contributed by atoms with E-state index < -0.39 is 0 Å². The quantitative estimate of drug-likeness (QED) is 0.882. The molecule has 3 rings (SSSR count). The predicted octanol–water partition coefficient (Wildman–Crippen LogP) is 0.934. The summed E-state index contributed by atoms with van der Waals surface area (Å²) in [5.41, 5.74) is 0.653. The van der Waals surface area contributed by atoms with Gasteiger partial charge in [0.15, 0.2) is 0 Å². The summed E-state index contributed by atoms with van der Waals surface area (Å²) in [6.45, 7) is 3.28. The maximum absolute atomic E-state index is 12.5. The minimum absolute atomic E-state index is 0.0166. The van der Waals surface area contributed by atoms with E-state index in [0.717, 1.165) is 45.4 Å². The molecule has 0 aliphatic carbocycles. The zero-order chi connectivity index (χ0) is 16.4. The predicted molar refractivity (Wildman–Crippen MR) is 86.0 cm³/mol. The summed E-state index contributed by atoms with van der Waals surface area (Å²) in [6, 6.07) is 0.0166. The summed E-state index contributed by atoms with van der Waals surface area (Å²) >= 11 is 0. The molecule has 0 aromatic carbocycles. The lowest BCUT2D eigenvalue weighted by atomic mass is 9.84. The van der Waals surface area contributed by atoms with E-state index >= 15 is 0 Å². The standard InChI is InChI=1S/C16H25N5O2/c1-17-16(23)20-6-3-12(4-7-20)13-5-8-21(10-13)15(22)14-9-18-11-19(14)2/h9,11-13H,3-8,10H2,1-2H3,(H,17,23). The number of aryl methyl sites for hydroxylation is 1. The Morgan fingerprint density at radius 1 is 1.13 bits per heavy atom. The fraction of sp³-hybridized carbons (Fsp3) is 0.688. The minimum atomic E-state index is 0.0166. The second-order valence-corrected chi connectivity index (χ2v) is 6.57. The molecule has 0 radical (unpaired) electrons. The monoisotopic (exact) mass is 319 g/mol. The second-order valence-electron chi connectivity index (χ2n) is 6.57. The van der Waals surface area contributed by atoms with Crippen molar-refractivity contribution < 1.29 is 9.59 Å². The first-order valence-corrected chi connectivity index (χ1v) is 8.32. The molecule has 2 aliphatic heterocycles. The fourth-order valence-corrected chi connectivity index (χ4v) is 3.81. The maximum atomic E-state index is 12.5. The van der Waals surface area contributed by atoms with Crippen LogP contribution in [0, 0.1) is 11.8 Å². The van der Waals surface area contributed by atoms with Gasteiger partial charge in [-0.25, -0.2) is 9.78 Å². The van der Waals surface area contributed by atoms with Crippen molar-refractivity contribution in [3.8, 4) is 0 Å². The first kappa shape index (κ1) is 15.8. The number of hydrogen-bond donors (Lipinski definition) is 1. The van der Waals surface area contributed by atoms with Crippen LogP contribution in [0.1, 0.15) is 29.8 Å². The van der Waals surface area contributed by atoms with E-state index in [4.69, 9.17) is 0 Å². The van der Waals surface area contributed by atoms with Crippen LogP contribution in [-0.2, 0) is 7.05 Å². The van der Waals surface area contributed by atoms with Gasteiger partial charge in [0.25, 0.3) is 5.91 Å². The number of nitrogens with one attached hydrogen (secondary N) is 1. The zero-order valence-corrected chi connectivity index (χ0v) is 13.9. The molecule has 2 aliphatic rings. The van der Waals surface area contributed by atoms with Gasteiger partial charge in [-0.3, -0.25) is 4.79 Å². The van der Waals surface area contributed by atoms with Crippen LogP contribution < -0.4 is 5.32 Å². The van der Waals surface area contributed by atoms with Gasteiger partial charge in [0.2, 0.25) is 0 Å². The summed E-state index contributed by atoms with van der Waals surface area (Å²) < 4.78 is 1.78. The average molecular weight is 319 g/mol. The van der Waals surface area contributed by atoms with Gasteiger partial charge < -0.3 is 19.7 Å². The second kappa shape index (κ2) is 6.60. The van der Waals surface area contributed by atoms with Crippen LogP contribution in [0.4, 0.5) is 4.79 Å². The number of nitrogens with zero attached hydrogens (tertiary/aromatic N) is 4. The molecule has 1 unspecified atom stereocenters. The van der Waals surface area contributed by atoms with Crippen molar-refractivity contribution in [1.29, 1.82) is 0 Å². The van der Waals surface area contributed by atoms with E-state index in [1.165, 1.54) is 0 Å². The van der Waals surface area contributed by atoms with Crippen LogP contribution in [0.15, 0.2) is 12.5 Å². The molecule has 0 saturated carbocycles. The number of likely N-dealkylation sites (tertiary alicyclic amines) is 2. The number of hydrogen-bond acceptors (Lipinski definition) is 3. The highest BCUT2D eigenvalue weighted by Crippen LogP contribution is 2.32. The highest BCUT2D eigenvalue weighted by molar-refractivity contribution is 5.92. The largest absolute Gasteiger partial charge is 0.341 e. The molecule has 3 heterocycles. The van der Waals surface area contributed by atoms with Gasteiger partial charge in [-0.15, -0.1) is 0 Å². The third-order valence-electron chi connectivity index (χ3n) is 5.26. The first-order chi connectivity index (χ1) is 11.1. The highest BCUT2D eigenvalue weighted by atomic mass is 16.2. The van der Waals surface area contributed by atoms with Crippen LogP contribution in [0.25, 0.3) is 0 Å². The first-order valence-electron chi connectivity index (χ1n) is 8.32. The molecule has 23 heavy (non-hydrogen) atoms. The van der Waals surface area contributed by atoms with E-state index in [2.05, 4.69) is 10.3 Å². The number of rotatable bonds is 2. The van der Waals surface area contributed by atoms with Gasteiger partial charge in [0, 0.05) is 40.3 Å². The third kappa shape index (κ3) is 3.18. The Bertz CT molecular complexity index is 577. The third-order valence-corrected chi connectivity index (χ3v) is 5.26. The summed E-state index contributed by atoms with van der Waals surface area (Å²) in [7, 11) is 3.52. The van der Waals surface area contributed by atoms with E-state index in [9.17, 15) is 9.59 Å². The maximum Gasteiger partial charge on any atom is 0.317 e. The summed E-state index contributed by atoms with van der Waals surface area (Å²) in [5, 5.41) is 2.69. The van der Waals surface area contributed by atoms with Gasteiger partial charge in [-0.2, -0.15) is 0 Å². The Labute approximate surface area is 136 Å². The Hall–Kier alpha value is -2.05. The molecular formula is C16H25N5O2. The SMILES string of the molecule is CNC(=O)N1CCC(C2CCN(C(=O)c3cncn3C)C2)CC1. The fourth-order valence-electron chi connectivity index (χ4n) is 3.81. The molecular weight excluding hydrogens is 294 g/mol. The number of imidazole rings is 1. The molecule has 2 saturated heterocycles. The van der Waals surface area contributed by atoms with Gasteiger partial charge in [-0.1, -0.05) is 0 Å². The van der Waals surface area contributed by atoms with Crippen LogP contribution >= 0.6 is 0 Å². The van der Waals surface area contributed by atoms with Crippen molar-refractivity contribution in [2.24, 2.45) is 18.9 Å². The number of piperidine rings is 1. The normalized spacial score (nSPS) is 22.4. The summed E-state index contributed by atoms with van der Waals surface area (Å²) in [6.07, 6.45) is 6.43. The van der Waals surface area contributed by atoms with Crippen molar-refractivity contribution in [3.05, 3.63) is 18.2 Å². The van der Waals surface area contributed by atoms with E-state index in [1.807, 2.05) is 16.8 Å². The van der Waals surface area contributed by atoms with Crippen LogP contribution in [-0.4, -0.2) is 64.5 Å². The van der Waals surface area contributed by atoms with Gasteiger partial charge in [0.1, 0.15) is 5.69 Å². The number of urea groups is 1. The van der Waals surface area contributed by atoms with E-state index in [0.29, 0.717) is 17.5 Å². The van der Waals surface area contributed by atoms with E-state index in [-0.39, 0.29) is 11.9 Å². The van der Waals surface area contributed by atoms with Crippen LogP contribution in [0.5, 0.6) is 0 Å². The Morgan fingerprint density at radius 3 is 2.39 bits per heavy atom. The highest BCUT2D eigenvalue weighted by Gasteiger charge is 2.35. The molecule has 126 valence electrons. The minimum Gasteiger partial charge on any atom is -0.341 e. The topological polar surface area (TPSA) is 70.5 Å². The van der Waals surface area contributed by atoms with Gasteiger partial charge in [0.05, 0.1) is 12.5 Å². The van der Waals surface area contributed by atoms with Crippen LogP contribution in [0.3, 0.4) is 0 Å². The van der Waals surface area contributed by atoms with Gasteiger partial charge >= 0.3 is 6.03 Å². The molecule has 0 spiro atoms. The lowest BCUT2D eigenvalue weighted by molar-refractivity contribution is 0.0767. The Morgan fingerprint density at radius 2 is 1.78 bits per heavy atom. The Kier molecular flexibility index (Phi) is 4.54. The lowest BCUT2D eigenvalue weighted by Gasteiger charge is -2.34. The molecule has 1 aromatic rings. The zero-order valence-electron chi connectivity index (χ0n) is 13.9. The molecule has 1 N–H and O–H groups in total. The summed E-state index contributed by atoms with van der Waals surface area (Å²) in [4.78, 5) is 32.1. The molecule has 3 amide bonds. The lowest BCUT2D eigenvalue weighted by Crippen LogP contribution is -2.44. The summed E-state index contributed by atoms with van der Waals surface area (Å²) in [5.74, 6) is 1.24. The smallest absolute Gasteiger partial charge is 0.317 e. The molecule has 0 bridgehead atoms. The molecule has 2 fully saturated rings. The van der Waals surface area contributed by atoms with Crippen molar-refractivity contribution in [2.45, 2.75) is 19.3 Å². The van der Waals surface area contributed by atoms with Crippen molar-refractivity contribution in [2.75, 3.05) is 33.2 Å². The number of aromatic nitrogens is 2. The van der Waals surface area contributed by atoms with Crippen LogP contribution in [0.2, 0.25) is 0 Å². The average Bonchev–Trinajstić information content (AvgIpc) is 3.23. The molecule has 7 nitrogen and oxygen atoms in total. The number of carbonyl (C=O) groups excluding carboxylic acids is 2. The van der Waals surface area contributed by atoms with Crippen molar-refractivity contribution in [1.82, 2.24) is 24.7 Å². The number of carbonyl (C=O) groups is 2. The molecule has 1 aromatic heterocycles. The molecule has 7 heteroatoms.